The summed E-state index contributed by atoms with van der Waals surface area (Å²) in [6, 6.07) is 9.34. The molecular formula is C17H19N3O3. The standard InChI is InChI=1S/C17H19N3O3/c1-22-13-6-8-16(23-2)15(9-13)20-17(21)14-7-5-12(10-18-14)19-11-3-4-11/h5-11,19H,3-4H2,1-2H3,(H,20,21). The maximum atomic E-state index is 12.3. The second-order valence-corrected chi connectivity index (χ2v) is 5.37. The van der Waals surface area contributed by atoms with E-state index in [1.165, 1.54) is 12.8 Å². The SMILES string of the molecule is COc1ccc(OC)c(NC(=O)c2ccc(NC3CC3)cn2)c1. The highest BCUT2D eigenvalue weighted by Gasteiger charge is 2.21. The topological polar surface area (TPSA) is 72.5 Å². The van der Waals surface area contributed by atoms with Crippen LogP contribution in [0.1, 0.15) is 23.3 Å². The summed E-state index contributed by atoms with van der Waals surface area (Å²) in [5.74, 6) is 0.902. The fourth-order valence-corrected chi connectivity index (χ4v) is 2.18. The molecule has 0 bridgehead atoms. The van der Waals surface area contributed by atoms with Gasteiger partial charge in [0, 0.05) is 12.1 Å². The first kappa shape index (κ1) is 15.1. The first-order valence-corrected chi connectivity index (χ1v) is 7.45. The van der Waals surface area contributed by atoms with Crippen molar-refractivity contribution in [2.45, 2.75) is 18.9 Å². The summed E-state index contributed by atoms with van der Waals surface area (Å²) < 4.78 is 10.4. The van der Waals surface area contributed by atoms with Crippen molar-refractivity contribution in [1.29, 1.82) is 0 Å². The number of amides is 1. The smallest absolute Gasteiger partial charge is 0.274 e. The number of methoxy groups -OCH3 is 2. The zero-order chi connectivity index (χ0) is 16.2. The van der Waals surface area contributed by atoms with Crippen LogP contribution in [0.2, 0.25) is 0 Å². The van der Waals surface area contributed by atoms with E-state index in [9.17, 15) is 4.79 Å². The molecule has 23 heavy (non-hydrogen) atoms. The van der Waals surface area contributed by atoms with Gasteiger partial charge in [0.1, 0.15) is 17.2 Å². The Morgan fingerprint density at radius 3 is 2.61 bits per heavy atom. The third-order valence-electron chi connectivity index (χ3n) is 3.60. The van der Waals surface area contributed by atoms with Crippen LogP contribution in [0.3, 0.4) is 0 Å². The second kappa shape index (κ2) is 6.56. The van der Waals surface area contributed by atoms with Gasteiger partial charge in [0.25, 0.3) is 5.91 Å². The van der Waals surface area contributed by atoms with Crippen molar-refractivity contribution in [3.63, 3.8) is 0 Å². The molecule has 0 aliphatic heterocycles. The highest BCUT2D eigenvalue weighted by atomic mass is 16.5. The number of nitrogens with zero attached hydrogens (tertiary/aromatic N) is 1. The first-order chi connectivity index (χ1) is 11.2. The molecule has 6 heteroatoms. The molecule has 0 spiro atoms. The van der Waals surface area contributed by atoms with Gasteiger partial charge in [-0.1, -0.05) is 0 Å². The molecule has 2 N–H and O–H groups in total. The van der Waals surface area contributed by atoms with Gasteiger partial charge in [0.05, 0.1) is 31.8 Å². The Labute approximate surface area is 134 Å². The lowest BCUT2D eigenvalue weighted by Crippen LogP contribution is -2.14. The molecule has 6 nitrogen and oxygen atoms in total. The molecule has 1 aromatic heterocycles. The van der Waals surface area contributed by atoms with Gasteiger partial charge in [-0.2, -0.15) is 0 Å². The molecule has 1 amide bonds. The van der Waals surface area contributed by atoms with E-state index in [-0.39, 0.29) is 5.91 Å². The molecule has 2 aromatic rings. The van der Waals surface area contributed by atoms with Gasteiger partial charge in [-0.3, -0.25) is 4.79 Å². The Morgan fingerprint density at radius 1 is 1.17 bits per heavy atom. The molecule has 120 valence electrons. The molecule has 0 saturated heterocycles. The van der Waals surface area contributed by atoms with E-state index in [2.05, 4.69) is 15.6 Å². The van der Waals surface area contributed by atoms with E-state index in [1.54, 1.807) is 44.7 Å². The van der Waals surface area contributed by atoms with Crippen LogP contribution in [0, 0.1) is 0 Å². The molecular weight excluding hydrogens is 294 g/mol. The van der Waals surface area contributed by atoms with Gasteiger partial charge in [-0.05, 0) is 37.1 Å². The predicted molar refractivity (Wildman–Crippen MR) is 88.4 cm³/mol. The average Bonchev–Trinajstić information content (AvgIpc) is 3.39. The van der Waals surface area contributed by atoms with E-state index in [0.717, 1.165) is 5.69 Å². The molecule has 1 aliphatic rings. The Morgan fingerprint density at radius 2 is 2.00 bits per heavy atom. The van der Waals surface area contributed by atoms with Gasteiger partial charge in [-0.25, -0.2) is 4.98 Å². The number of aromatic nitrogens is 1. The van der Waals surface area contributed by atoms with Gasteiger partial charge in [0.15, 0.2) is 0 Å². The van der Waals surface area contributed by atoms with Crippen molar-refractivity contribution in [3.05, 3.63) is 42.2 Å². The van der Waals surface area contributed by atoms with Crippen molar-refractivity contribution < 1.29 is 14.3 Å². The van der Waals surface area contributed by atoms with Gasteiger partial charge in [-0.15, -0.1) is 0 Å². The van der Waals surface area contributed by atoms with Crippen molar-refractivity contribution in [2.75, 3.05) is 24.9 Å². The van der Waals surface area contributed by atoms with E-state index in [4.69, 9.17) is 9.47 Å². The van der Waals surface area contributed by atoms with Crippen LogP contribution < -0.4 is 20.1 Å². The zero-order valence-corrected chi connectivity index (χ0v) is 13.1. The quantitative estimate of drug-likeness (QED) is 0.858. The molecule has 1 fully saturated rings. The summed E-state index contributed by atoms with van der Waals surface area (Å²) in [5, 5.41) is 6.13. The Kier molecular flexibility index (Phi) is 4.32. The highest BCUT2D eigenvalue weighted by molar-refractivity contribution is 6.03. The maximum Gasteiger partial charge on any atom is 0.274 e. The minimum absolute atomic E-state index is 0.297. The summed E-state index contributed by atoms with van der Waals surface area (Å²) >= 11 is 0. The third kappa shape index (κ3) is 3.71. The number of carbonyl (C=O) groups excluding carboxylic acids is 1. The Hall–Kier alpha value is -2.76. The molecule has 0 radical (unpaired) electrons. The fourth-order valence-electron chi connectivity index (χ4n) is 2.18. The third-order valence-corrected chi connectivity index (χ3v) is 3.60. The van der Waals surface area contributed by atoms with Crippen LogP contribution in [0.15, 0.2) is 36.5 Å². The molecule has 1 aliphatic carbocycles. The van der Waals surface area contributed by atoms with E-state index in [0.29, 0.717) is 28.9 Å². The van der Waals surface area contributed by atoms with Gasteiger partial charge < -0.3 is 20.1 Å². The average molecular weight is 313 g/mol. The van der Waals surface area contributed by atoms with Crippen LogP contribution in [0.25, 0.3) is 0 Å². The second-order valence-electron chi connectivity index (χ2n) is 5.37. The monoisotopic (exact) mass is 313 g/mol. The van der Waals surface area contributed by atoms with Crippen molar-refractivity contribution in [1.82, 2.24) is 4.98 Å². The predicted octanol–water partition coefficient (Wildman–Crippen LogP) is 2.93. The number of carbonyl (C=O) groups is 1. The minimum Gasteiger partial charge on any atom is -0.497 e. The lowest BCUT2D eigenvalue weighted by atomic mass is 10.2. The molecule has 0 atom stereocenters. The summed E-state index contributed by atoms with van der Waals surface area (Å²) in [5.41, 5.74) is 1.82. The number of rotatable bonds is 6. The van der Waals surface area contributed by atoms with Crippen LogP contribution in [0.5, 0.6) is 11.5 Å². The Bertz CT molecular complexity index is 697. The number of anilines is 2. The fraction of sp³-hybridized carbons (Fsp3) is 0.294. The lowest BCUT2D eigenvalue weighted by Gasteiger charge is -2.11. The largest absolute Gasteiger partial charge is 0.497 e. The van der Waals surface area contributed by atoms with E-state index in [1.807, 2.05) is 6.07 Å². The van der Waals surface area contributed by atoms with E-state index >= 15 is 0 Å². The van der Waals surface area contributed by atoms with Crippen LogP contribution in [-0.4, -0.2) is 31.2 Å². The van der Waals surface area contributed by atoms with Crippen LogP contribution >= 0.6 is 0 Å². The van der Waals surface area contributed by atoms with Crippen molar-refractivity contribution >= 4 is 17.3 Å². The number of hydrogen-bond donors (Lipinski definition) is 2. The Balaban J connectivity index is 1.72. The van der Waals surface area contributed by atoms with E-state index < -0.39 is 0 Å². The van der Waals surface area contributed by atoms with Crippen molar-refractivity contribution in [2.24, 2.45) is 0 Å². The number of hydrogen-bond acceptors (Lipinski definition) is 5. The summed E-state index contributed by atoms with van der Waals surface area (Å²) in [7, 11) is 3.12. The van der Waals surface area contributed by atoms with Crippen LogP contribution in [0.4, 0.5) is 11.4 Å². The highest BCUT2D eigenvalue weighted by Crippen LogP contribution is 2.29. The number of nitrogens with one attached hydrogen (secondary N) is 2. The number of benzene rings is 1. The number of ether oxygens (including phenoxy) is 2. The molecule has 1 heterocycles. The van der Waals surface area contributed by atoms with Crippen molar-refractivity contribution in [3.8, 4) is 11.5 Å². The molecule has 1 saturated carbocycles. The summed E-state index contributed by atoms with van der Waals surface area (Å²) in [6.45, 7) is 0. The van der Waals surface area contributed by atoms with Gasteiger partial charge in [0.2, 0.25) is 0 Å². The maximum absolute atomic E-state index is 12.3. The zero-order valence-electron chi connectivity index (χ0n) is 13.1. The lowest BCUT2D eigenvalue weighted by molar-refractivity contribution is 0.102. The molecule has 0 unspecified atom stereocenters. The van der Waals surface area contributed by atoms with Crippen LogP contribution in [-0.2, 0) is 0 Å². The number of pyridine rings is 1. The summed E-state index contributed by atoms with van der Waals surface area (Å²) in [4.78, 5) is 16.5. The first-order valence-electron chi connectivity index (χ1n) is 7.45. The molecule has 1 aromatic carbocycles. The minimum atomic E-state index is -0.297. The summed E-state index contributed by atoms with van der Waals surface area (Å²) in [6.07, 6.45) is 4.06. The molecule has 3 rings (SSSR count). The van der Waals surface area contributed by atoms with Gasteiger partial charge >= 0.3 is 0 Å². The normalized spacial score (nSPS) is 13.3.